The fourth-order valence-corrected chi connectivity index (χ4v) is 2.31. The van der Waals surface area contributed by atoms with Crippen molar-refractivity contribution in [3.05, 3.63) is 77.6 Å². The molecule has 0 saturated heterocycles. The van der Waals surface area contributed by atoms with E-state index in [0.29, 0.717) is 12.8 Å². The van der Waals surface area contributed by atoms with Crippen molar-refractivity contribution in [3.8, 4) is 0 Å². The van der Waals surface area contributed by atoms with Crippen LogP contribution >= 0.6 is 0 Å². The average molecular weight is 362 g/mol. The van der Waals surface area contributed by atoms with Gasteiger partial charge in [-0.25, -0.2) is 19.3 Å². The van der Waals surface area contributed by atoms with Gasteiger partial charge in [-0.3, -0.25) is 0 Å². The number of rotatable bonds is 5. The van der Waals surface area contributed by atoms with Gasteiger partial charge in [0, 0.05) is 0 Å². The molecule has 0 bridgehead atoms. The minimum absolute atomic E-state index is 0.0935. The summed E-state index contributed by atoms with van der Waals surface area (Å²) in [7, 11) is 0. The minimum Gasteiger partial charge on any atom is -0.323 e. The minimum atomic E-state index is -4.50. The van der Waals surface area contributed by atoms with E-state index in [1.165, 1.54) is 6.07 Å². The highest BCUT2D eigenvalue weighted by molar-refractivity contribution is 5.51. The van der Waals surface area contributed by atoms with Gasteiger partial charge < -0.3 is 5.32 Å². The lowest BCUT2D eigenvalue weighted by Crippen LogP contribution is -2.08. The molecule has 0 fully saturated rings. The number of hydrogen-bond donors (Lipinski definition) is 1. The molecule has 0 aliphatic carbocycles. The van der Waals surface area contributed by atoms with Crippen molar-refractivity contribution in [2.45, 2.75) is 19.0 Å². The van der Waals surface area contributed by atoms with Crippen molar-refractivity contribution in [2.75, 3.05) is 5.32 Å². The lowest BCUT2D eigenvalue weighted by Gasteiger charge is -2.09. The lowest BCUT2D eigenvalue weighted by atomic mass is 10.1. The van der Waals surface area contributed by atoms with E-state index in [2.05, 4.69) is 20.3 Å². The standard InChI is InChI=1S/C18H14F4N4/c19-14-11-24-17(25-13-7-9-16(23-10-13)18(20,21)22)26-15(14)8-6-12-4-2-1-3-5-12/h1-5,7,9-11H,6,8H2,(H,24,25,26). The van der Waals surface area contributed by atoms with E-state index in [1.54, 1.807) is 0 Å². The molecular weight excluding hydrogens is 348 g/mol. The molecule has 26 heavy (non-hydrogen) atoms. The first-order valence-electron chi connectivity index (χ1n) is 7.77. The van der Waals surface area contributed by atoms with Crippen molar-refractivity contribution in [1.82, 2.24) is 15.0 Å². The number of hydrogen-bond acceptors (Lipinski definition) is 4. The molecule has 4 nitrogen and oxygen atoms in total. The maximum Gasteiger partial charge on any atom is 0.433 e. The summed E-state index contributed by atoms with van der Waals surface area (Å²) < 4.78 is 51.5. The molecule has 134 valence electrons. The summed E-state index contributed by atoms with van der Waals surface area (Å²) in [6.07, 6.45) is -1.46. The first kappa shape index (κ1) is 17.8. The monoisotopic (exact) mass is 362 g/mol. The first-order chi connectivity index (χ1) is 12.4. The van der Waals surface area contributed by atoms with Crippen molar-refractivity contribution in [2.24, 2.45) is 0 Å². The van der Waals surface area contributed by atoms with Crippen LogP contribution in [0.15, 0.2) is 54.9 Å². The number of nitrogens with one attached hydrogen (secondary N) is 1. The Morgan fingerprint density at radius 2 is 1.65 bits per heavy atom. The van der Waals surface area contributed by atoms with Crippen molar-refractivity contribution in [3.63, 3.8) is 0 Å². The van der Waals surface area contributed by atoms with E-state index < -0.39 is 17.7 Å². The summed E-state index contributed by atoms with van der Waals surface area (Å²) >= 11 is 0. The molecule has 0 amide bonds. The molecule has 0 radical (unpaired) electrons. The van der Waals surface area contributed by atoms with E-state index in [1.807, 2.05) is 30.3 Å². The van der Waals surface area contributed by atoms with Crippen LogP contribution in [0.5, 0.6) is 0 Å². The maximum absolute atomic E-state index is 13.9. The van der Waals surface area contributed by atoms with Gasteiger partial charge in [-0.1, -0.05) is 30.3 Å². The Hall–Kier alpha value is -3.03. The van der Waals surface area contributed by atoms with E-state index in [4.69, 9.17) is 0 Å². The summed E-state index contributed by atoms with van der Waals surface area (Å²) in [4.78, 5) is 11.3. The molecule has 2 heterocycles. The van der Waals surface area contributed by atoms with Crippen LogP contribution in [0.3, 0.4) is 0 Å². The molecule has 8 heteroatoms. The molecule has 0 aliphatic rings. The highest BCUT2D eigenvalue weighted by Gasteiger charge is 2.32. The van der Waals surface area contributed by atoms with Crippen molar-refractivity contribution >= 4 is 11.6 Å². The van der Waals surface area contributed by atoms with E-state index in [0.717, 1.165) is 24.0 Å². The molecule has 0 saturated carbocycles. The Balaban J connectivity index is 1.71. The van der Waals surface area contributed by atoms with Crippen LogP contribution in [0, 0.1) is 5.82 Å². The number of alkyl halides is 3. The second kappa shape index (κ2) is 7.47. The molecule has 3 rings (SSSR count). The molecule has 2 aromatic heterocycles. The smallest absolute Gasteiger partial charge is 0.323 e. The van der Waals surface area contributed by atoms with Gasteiger partial charge in [0.05, 0.1) is 23.8 Å². The molecule has 1 aromatic carbocycles. The van der Waals surface area contributed by atoms with Gasteiger partial charge in [0.15, 0.2) is 5.82 Å². The molecule has 0 aliphatic heterocycles. The average Bonchev–Trinajstić information content (AvgIpc) is 2.63. The largest absolute Gasteiger partial charge is 0.433 e. The fraction of sp³-hybridized carbons (Fsp3) is 0.167. The van der Waals surface area contributed by atoms with Gasteiger partial charge >= 0.3 is 6.18 Å². The summed E-state index contributed by atoms with van der Waals surface area (Å²) in [5, 5.41) is 2.73. The molecule has 0 unspecified atom stereocenters. The zero-order valence-corrected chi connectivity index (χ0v) is 13.5. The zero-order valence-electron chi connectivity index (χ0n) is 13.5. The fourth-order valence-electron chi connectivity index (χ4n) is 2.31. The van der Waals surface area contributed by atoms with Crippen LogP contribution in [0.2, 0.25) is 0 Å². The van der Waals surface area contributed by atoms with Gasteiger partial charge in [0.2, 0.25) is 5.95 Å². The Morgan fingerprint density at radius 1 is 0.885 bits per heavy atom. The lowest BCUT2D eigenvalue weighted by molar-refractivity contribution is -0.141. The molecule has 0 spiro atoms. The second-order valence-corrected chi connectivity index (χ2v) is 5.53. The highest BCUT2D eigenvalue weighted by atomic mass is 19.4. The highest BCUT2D eigenvalue weighted by Crippen LogP contribution is 2.28. The van der Waals surface area contributed by atoms with Gasteiger partial charge in [0.1, 0.15) is 5.69 Å². The molecule has 0 atom stereocenters. The van der Waals surface area contributed by atoms with Crippen LogP contribution < -0.4 is 5.32 Å². The van der Waals surface area contributed by atoms with Crippen LogP contribution in [0.1, 0.15) is 17.0 Å². The van der Waals surface area contributed by atoms with Gasteiger partial charge in [-0.15, -0.1) is 0 Å². The third-order valence-corrected chi connectivity index (χ3v) is 3.62. The van der Waals surface area contributed by atoms with Gasteiger partial charge in [-0.05, 0) is 30.5 Å². The third-order valence-electron chi connectivity index (χ3n) is 3.62. The second-order valence-electron chi connectivity index (χ2n) is 5.53. The summed E-state index contributed by atoms with van der Waals surface area (Å²) in [5.74, 6) is -0.437. The summed E-state index contributed by atoms with van der Waals surface area (Å²) in [5.41, 5.74) is 0.559. The number of aryl methyl sites for hydroxylation is 2. The maximum atomic E-state index is 13.9. The SMILES string of the molecule is Fc1cnc(Nc2ccc(C(F)(F)F)nc2)nc1CCc1ccccc1. The molecular formula is C18H14F4N4. The predicted octanol–water partition coefficient (Wildman–Crippen LogP) is 4.56. The summed E-state index contributed by atoms with van der Waals surface area (Å²) in [6.45, 7) is 0. The number of nitrogens with zero attached hydrogens (tertiary/aromatic N) is 3. The van der Waals surface area contributed by atoms with Crippen LogP contribution in [-0.2, 0) is 19.0 Å². The van der Waals surface area contributed by atoms with Crippen molar-refractivity contribution in [1.29, 1.82) is 0 Å². The van der Waals surface area contributed by atoms with E-state index in [-0.39, 0.29) is 17.3 Å². The van der Waals surface area contributed by atoms with Crippen LogP contribution in [-0.4, -0.2) is 15.0 Å². The number of benzene rings is 1. The van der Waals surface area contributed by atoms with Crippen LogP contribution in [0.25, 0.3) is 0 Å². The Labute approximate surface area is 147 Å². The van der Waals surface area contributed by atoms with E-state index >= 15 is 0 Å². The number of anilines is 2. The first-order valence-corrected chi connectivity index (χ1v) is 7.77. The molecule has 3 aromatic rings. The Kier molecular flexibility index (Phi) is 5.11. The third kappa shape index (κ3) is 4.53. The topological polar surface area (TPSA) is 50.7 Å². The number of aromatic nitrogens is 3. The normalized spacial score (nSPS) is 11.4. The number of pyridine rings is 1. The Morgan fingerprint density at radius 3 is 2.31 bits per heavy atom. The van der Waals surface area contributed by atoms with Gasteiger partial charge in [0.25, 0.3) is 0 Å². The van der Waals surface area contributed by atoms with Crippen molar-refractivity contribution < 1.29 is 17.6 Å². The molecule has 1 N–H and O–H groups in total. The quantitative estimate of drug-likeness (QED) is 0.676. The zero-order chi connectivity index (χ0) is 18.6. The van der Waals surface area contributed by atoms with E-state index in [9.17, 15) is 17.6 Å². The van der Waals surface area contributed by atoms with Gasteiger partial charge in [-0.2, -0.15) is 13.2 Å². The summed E-state index contributed by atoms with van der Waals surface area (Å²) in [6, 6.07) is 11.6. The van der Waals surface area contributed by atoms with Crippen LogP contribution in [0.4, 0.5) is 29.2 Å². The predicted molar refractivity (Wildman–Crippen MR) is 88.4 cm³/mol. The Bertz CT molecular complexity index is 865. The number of halogens is 4.